The predicted octanol–water partition coefficient (Wildman–Crippen LogP) is 2.64. The van der Waals surface area contributed by atoms with Crippen molar-refractivity contribution in [2.24, 2.45) is 0 Å². The quantitative estimate of drug-likeness (QED) is 0.796. The molecule has 0 unspecified atom stereocenters. The Morgan fingerprint density at radius 1 is 1.21 bits per heavy atom. The number of hydrogen-bond acceptors (Lipinski definition) is 3. The van der Waals surface area contributed by atoms with Crippen molar-refractivity contribution >= 4 is 29.3 Å². The van der Waals surface area contributed by atoms with Gasteiger partial charge in [-0.3, -0.25) is 9.59 Å². The van der Waals surface area contributed by atoms with E-state index in [1.54, 1.807) is 4.90 Å². The summed E-state index contributed by atoms with van der Waals surface area (Å²) in [4.78, 5) is 24.3. The number of carboxylic acids is 1. The summed E-state index contributed by atoms with van der Waals surface area (Å²) >= 11 is 1.14. The molecule has 0 saturated heterocycles. The van der Waals surface area contributed by atoms with Crippen LogP contribution in [0, 0.1) is 0 Å². The molecule has 0 aliphatic heterocycles. The molecule has 0 heterocycles. The highest BCUT2D eigenvalue weighted by molar-refractivity contribution is 8.00. The zero-order valence-corrected chi connectivity index (χ0v) is 11.9. The van der Waals surface area contributed by atoms with Gasteiger partial charge in [0.1, 0.15) is 0 Å². The summed E-state index contributed by atoms with van der Waals surface area (Å²) in [5.41, 5.74) is 0.872. The van der Waals surface area contributed by atoms with Crippen LogP contribution in [0.25, 0.3) is 0 Å². The summed E-state index contributed by atoms with van der Waals surface area (Å²) in [5, 5.41) is 8.58. The molecule has 0 saturated carbocycles. The highest BCUT2D eigenvalue weighted by Crippen LogP contribution is 2.16. The Morgan fingerprint density at radius 2 is 1.89 bits per heavy atom. The smallest absolute Gasteiger partial charge is 0.313 e. The summed E-state index contributed by atoms with van der Waals surface area (Å²) in [5.74, 6) is -0.768. The van der Waals surface area contributed by atoms with Crippen molar-refractivity contribution < 1.29 is 14.7 Å². The van der Waals surface area contributed by atoms with Crippen LogP contribution in [0.2, 0.25) is 0 Å². The number of carbonyl (C=O) groups excluding carboxylic acids is 1. The van der Waals surface area contributed by atoms with Crippen molar-refractivity contribution in [3.8, 4) is 0 Å². The first-order valence-electron chi connectivity index (χ1n) is 6.30. The summed E-state index contributed by atoms with van der Waals surface area (Å²) in [7, 11) is 0. The second kappa shape index (κ2) is 8.58. The molecule has 1 amide bonds. The van der Waals surface area contributed by atoms with Gasteiger partial charge in [0.15, 0.2) is 0 Å². The van der Waals surface area contributed by atoms with E-state index in [1.807, 2.05) is 30.3 Å². The molecule has 0 aromatic heterocycles. The van der Waals surface area contributed by atoms with E-state index in [0.717, 1.165) is 30.3 Å². The largest absolute Gasteiger partial charge is 0.481 e. The molecule has 4 nitrogen and oxygen atoms in total. The lowest BCUT2D eigenvalue weighted by atomic mass is 10.2. The highest BCUT2D eigenvalue weighted by atomic mass is 32.2. The summed E-state index contributed by atoms with van der Waals surface area (Å²) in [6.45, 7) is 2.75. The van der Waals surface area contributed by atoms with Gasteiger partial charge in [-0.05, 0) is 18.6 Å². The molecule has 1 rings (SSSR count). The van der Waals surface area contributed by atoms with Crippen LogP contribution in [-0.2, 0) is 9.59 Å². The lowest BCUT2D eigenvalue weighted by Gasteiger charge is -2.22. The van der Waals surface area contributed by atoms with Gasteiger partial charge in [-0.2, -0.15) is 0 Å². The Morgan fingerprint density at radius 3 is 2.47 bits per heavy atom. The zero-order chi connectivity index (χ0) is 14.1. The van der Waals surface area contributed by atoms with Gasteiger partial charge in [0.25, 0.3) is 0 Å². The first-order chi connectivity index (χ1) is 9.15. The zero-order valence-electron chi connectivity index (χ0n) is 11.0. The second-order valence-corrected chi connectivity index (χ2v) is 5.11. The lowest BCUT2D eigenvalue weighted by Crippen LogP contribution is -2.33. The maximum absolute atomic E-state index is 12.1. The third-order valence-electron chi connectivity index (χ3n) is 2.56. The van der Waals surface area contributed by atoms with Gasteiger partial charge in [0, 0.05) is 12.2 Å². The van der Waals surface area contributed by atoms with Crippen molar-refractivity contribution in [3.05, 3.63) is 30.3 Å². The van der Waals surface area contributed by atoms with Gasteiger partial charge in [-0.25, -0.2) is 0 Å². The van der Waals surface area contributed by atoms with Crippen molar-refractivity contribution in [1.29, 1.82) is 0 Å². The van der Waals surface area contributed by atoms with E-state index < -0.39 is 5.97 Å². The first-order valence-corrected chi connectivity index (χ1v) is 7.45. The minimum absolute atomic E-state index is 0.0362. The summed E-state index contributed by atoms with van der Waals surface area (Å²) in [6.07, 6.45) is 1.95. The average Bonchev–Trinajstić information content (AvgIpc) is 2.40. The predicted molar refractivity (Wildman–Crippen MR) is 78.7 cm³/mol. The third kappa shape index (κ3) is 5.79. The highest BCUT2D eigenvalue weighted by Gasteiger charge is 2.15. The van der Waals surface area contributed by atoms with Crippen LogP contribution in [0.5, 0.6) is 0 Å². The van der Waals surface area contributed by atoms with Crippen LogP contribution in [0.4, 0.5) is 5.69 Å². The number of para-hydroxylation sites is 1. The molecule has 0 bridgehead atoms. The fourth-order valence-corrected chi connectivity index (χ4v) is 2.23. The number of carboxylic acid groups (broad SMARTS) is 1. The monoisotopic (exact) mass is 281 g/mol. The maximum atomic E-state index is 12.1. The van der Waals surface area contributed by atoms with E-state index >= 15 is 0 Å². The minimum atomic E-state index is -0.891. The lowest BCUT2D eigenvalue weighted by molar-refractivity contribution is -0.133. The van der Waals surface area contributed by atoms with Gasteiger partial charge >= 0.3 is 5.97 Å². The number of carbonyl (C=O) groups is 2. The summed E-state index contributed by atoms with van der Waals surface area (Å²) < 4.78 is 0. The SMILES string of the molecule is CCCCN(C(=O)CSCC(=O)O)c1ccccc1. The van der Waals surface area contributed by atoms with E-state index in [4.69, 9.17) is 5.11 Å². The first kappa shape index (κ1) is 15.6. The average molecular weight is 281 g/mol. The number of anilines is 1. The summed E-state index contributed by atoms with van der Waals surface area (Å²) in [6, 6.07) is 9.49. The van der Waals surface area contributed by atoms with Gasteiger partial charge in [-0.15, -0.1) is 11.8 Å². The topological polar surface area (TPSA) is 57.6 Å². The molecule has 19 heavy (non-hydrogen) atoms. The number of amides is 1. The van der Waals surface area contributed by atoms with Crippen molar-refractivity contribution in [1.82, 2.24) is 0 Å². The second-order valence-electron chi connectivity index (χ2n) is 4.12. The Bertz CT molecular complexity index is 408. The molecular weight excluding hydrogens is 262 g/mol. The van der Waals surface area contributed by atoms with Gasteiger partial charge in [-0.1, -0.05) is 31.5 Å². The van der Waals surface area contributed by atoms with Crippen molar-refractivity contribution in [2.45, 2.75) is 19.8 Å². The van der Waals surface area contributed by atoms with E-state index in [-0.39, 0.29) is 17.4 Å². The molecule has 5 heteroatoms. The Labute approximate surface area is 117 Å². The molecule has 104 valence electrons. The number of unbranched alkanes of at least 4 members (excludes halogenated alkanes) is 1. The van der Waals surface area contributed by atoms with Crippen molar-refractivity contribution in [2.75, 3.05) is 23.0 Å². The number of nitrogens with zero attached hydrogens (tertiary/aromatic N) is 1. The normalized spacial score (nSPS) is 10.2. The van der Waals surface area contributed by atoms with Crippen molar-refractivity contribution in [3.63, 3.8) is 0 Å². The van der Waals surface area contributed by atoms with E-state index in [1.165, 1.54) is 0 Å². The van der Waals surface area contributed by atoms with Gasteiger partial charge < -0.3 is 10.0 Å². The molecule has 0 radical (unpaired) electrons. The van der Waals surface area contributed by atoms with Gasteiger partial charge in [0.2, 0.25) is 5.91 Å². The molecule has 1 aromatic carbocycles. The maximum Gasteiger partial charge on any atom is 0.313 e. The molecule has 0 aliphatic carbocycles. The third-order valence-corrected chi connectivity index (χ3v) is 3.46. The number of rotatable bonds is 8. The van der Waals surface area contributed by atoms with E-state index in [0.29, 0.717) is 6.54 Å². The minimum Gasteiger partial charge on any atom is -0.481 e. The molecular formula is C14H19NO3S. The standard InChI is InChI=1S/C14H19NO3S/c1-2-3-9-15(12-7-5-4-6-8-12)13(16)10-19-11-14(17)18/h4-8H,2-3,9-11H2,1H3,(H,17,18). The van der Waals surface area contributed by atoms with Crippen LogP contribution in [-0.4, -0.2) is 35.0 Å². The van der Waals surface area contributed by atoms with Crippen LogP contribution in [0.3, 0.4) is 0 Å². The van der Waals surface area contributed by atoms with E-state index in [2.05, 4.69) is 6.92 Å². The molecule has 1 N–H and O–H groups in total. The number of hydrogen-bond donors (Lipinski definition) is 1. The number of aliphatic carboxylic acids is 1. The molecule has 0 atom stereocenters. The van der Waals surface area contributed by atoms with Crippen LogP contribution < -0.4 is 4.90 Å². The van der Waals surface area contributed by atoms with Crippen LogP contribution in [0.15, 0.2) is 30.3 Å². The van der Waals surface area contributed by atoms with Crippen LogP contribution >= 0.6 is 11.8 Å². The Hall–Kier alpha value is -1.49. The number of thioether (sulfide) groups is 1. The Kier molecular flexibility index (Phi) is 7.03. The molecule has 0 fully saturated rings. The fraction of sp³-hybridized carbons (Fsp3) is 0.429. The van der Waals surface area contributed by atoms with Gasteiger partial charge in [0.05, 0.1) is 11.5 Å². The molecule has 1 aromatic rings. The molecule has 0 aliphatic rings. The van der Waals surface area contributed by atoms with Crippen LogP contribution in [0.1, 0.15) is 19.8 Å². The number of benzene rings is 1. The fourth-order valence-electron chi connectivity index (χ4n) is 1.63. The molecule has 0 spiro atoms. The van der Waals surface area contributed by atoms with E-state index in [9.17, 15) is 9.59 Å². The Balaban J connectivity index is 2.63.